The summed E-state index contributed by atoms with van der Waals surface area (Å²) in [4.78, 5) is 45.4. The van der Waals surface area contributed by atoms with Crippen molar-refractivity contribution >= 4 is 11.9 Å². The molecule has 1 fully saturated rings. The summed E-state index contributed by atoms with van der Waals surface area (Å²) in [6, 6.07) is 13.5. The van der Waals surface area contributed by atoms with Gasteiger partial charge in [0.25, 0.3) is 0 Å². The summed E-state index contributed by atoms with van der Waals surface area (Å²) < 4.78 is 10.3. The minimum atomic E-state index is -0.553. The molecule has 1 saturated carbocycles. The van der Waals surface area contributed by atoms with Gasteiger partial charge in [0.15, 0.2) is 5.76 Å². The minimum absolute atomic E-state index is 0.0927. The van der Waals surface area contributed by atoms with Crippen molar-refractivity contribution in [1.29, 1.82) is 0 Å². The lowest BCUT2D eigenvalue weighted by Crippen LogP contribution is -2.28. The van der Waals surface area contributed by atoms with Crippen LogP contribution in [0.1, 0.15) is 65.7 Å². The smallest absolute Gasteiger partial charge is 0.386 e. The van der Waals surface area contributed by atoms with Crippen molar-refractivity contribution < 1.29 is 38.6 Å². The lowest BCUT2D eigenvalue weighted by atomic mass is 9.74. The second-order valence-corrected chi connectivity index (χ2v) is 9.13. The maximum atomic E-state index is 12.2. The summed E-state index contributed by atoms with van der Waals surface area (Å²) in [6.07, 6.45) is 8.23. The van der Waals surface area contributed by atoms with Crippen LogP contribution in [0.4, 0.5) is 0 Å². The second-order valence-electron chi connectivity index (χ2n) is 9.13. The minimum Gasteiger partial charge on any atom is -0.497 e. The number of benzene rings is 2. The molecule has 2 aliphatic rings. The topological polar surface area (TPSA) is 89.5 Å². The third kappa shape index (κ3) is 6.79. The molecule has 2 aromatic rings. The monoisotopic (exact) mass is 496 g/mol. The molecule has 0 heterocycles. The molecule has 8 nitrogen and oxygen atoms in total. The standard InChI is InChI=1S/C28H32O8/c1-31-25-7-3-5-21(17-25)27(29)35-33-23-13-9-19(10-14-23)20-11-15-24(16-12-20)34-36-28(30)22-6-4-8-26(18-22)32-2/h3-8,13,17-20,24H,9-12,14-16H2,1-2H3. The molecule has 0 saturated heterocycles. The van der Waals surface area contributed by atoms with Gasteiger partial charge in [-0.3, -0.25) is 9.78 Å². The maximum Gasteiger partial charge on any atom is 0.386 e. The lowest BCUT2D eigenvalue weighted by molar-refractivity contribution is -0.281. The molecule has 0 spiro atoms. The highest BCUT2D eigenvalue weighted by Gasteiger charge is 2.30. The number of allylic oxidation sites excluding steroid dienone is 2. The molecule has 2 aromatic carbocycles. The predicted octanol–water partition coefficient (Wildman–Crippen LogP) is 5.82. The number of hydrogen-bond donors (Lipinski definition) is 0. The van der Waals surface area contributed by atoms with Crippen LogP contribution in [-0.2, 0) is 19.6 Å². The Bertz CT molecular complexity index is 1070. The van der Waals surface area contributed by atoms with Crippen LogP contribution in [-0.4, -0.2) is 32.3 Å². The SMILES string of the molecule is COc1cccc(C(=O)OOC2=CCC(C3CCC(OOC(=O)c4cccc(OC)c4)CC3)CC2)c1. The molecule has 1 atom stereocenters. The normalized spacial score (nSPS) is 21.6. The third-order valence-electron chi connectivity index (χ3n) is 6.89. The largest absolute Gasteiger partial charge is 0.497 e. The van der Waals surface area contributed by atoms with Crippen molar-refractivity contribution in [2.24, 2.45) is 11.8 Å². The van der Waals surface area contributed by atoms with E-state index in [4.69, 9.17) is 29.0 Å². The second kappa shape index (κ2) is 12.4. The van der Waals surface area contributed by atoms with Crippen molar-refractivity contribution in [1.82, 2.24) is 0 Å². The van der Waals surface area contributed by atoms with Crippen LogP contribution in [0.3, 0.4) is 0 Å². The van der Waals surface area contributed by atoms with Crippen LogP contribution in [0.25, 0.3) is 0 Å². The molecule has 4 rings (SSSR count). The predicted molar refractivity (Wildman–Crippen MR) is 130 cm³/mol. The van der Waals surface area contributed by atoms with Crippen LogP contribution in [0.5, 0.6) is 11.5 Å². The van der Waals surface area contributed by atoms with Gasteiger partial charge >= 0.3 is 11.9 Å². The molecule has 0 amide bonds. The zero-order valence-corrected chi connectivity index (χ0v) is 20.6. The van der Waals surface area contributed by atoms with Crippen LogP contribution < -0.4 is 9.47 Å². The zero-order valence-electron chi connectivity index (χ0n) is 20.6. The van der Waals surface area contributed by atoms with Crippen LogP contribution in [0.15, 0.2) is 60.4 Å². The Labute approximate surface area is 210 Å². The molecular formula is C28H32O8. The van der Waals surface area contributed by atoms with E-state index in [1.807, 2.05) is 6.08 Å². The number of rotatable bonds is 9. The average molecular weight is 497 g/mol. The number of carbonyl (C=O) groups is 2. The Hall–Kier alpha value is -3.52. The van der Waals surface area contributed by atoms with Crippen LogP contribution >= 0.6 is 0 Å². The van der Waals surface area contributed by atoms with Crippen molar-refractivity contribution in [2.45, 2.75) is 51.0 Å². The fourth-order valence-electron chi connectivity index (χ4n) is 4.79. The Morgan fingerprint density at radius 2 is 1.36 bits per heavy atom. The van der Waals surface area contributed by atoms with Crippen molar-refractivity contribution in [3.8, 4) is 11.5 Å². The van der Waals surface area contributed by atoms with Gasteiger partial charge in [0.2, 0.25) is 0 Å². The first kappa shape index (κ1) is 25.6. The summed E-state index contributed by atoms with van der Waals surface area (Å²) >= 11 is 0. The van der Waals surface area contributed by atoms with E-state index < -0.39 is 11.9 Å². The molecule has 1 unspecified atom stereocenters. The van der Waals surface area contributed by atoms with E-state index in [0.29, 0.717) is 40.2 Å². The van der Waals surface area contributed by atoms with Gasteiger partial charge in [-0.05, 0) is 92.8 Å². The van der Waals surface area contributed by atoms with E-state index in [1.165, 1.54) is 0 Å². The molecule has 0 radical (unpaired) electrons. The first-order valence-electron chi connectivity index (χ1n) is 12.3. The van der Waals surface area contributed by atoms with Gasteiger partial charge in [-0.1, -0.05) is 12.1 Å². The zero-order chi connectivity index (χ0) is 25.3. The quantitative estimate of drug-likeness (QED) is 0.317. The van der Waals surface area contributed by atoms with Crippen molar-refractivity contribution in [3.63, 3.8) is 0 Å². The van der Waals surface area contributed by atoms with Crippen molar-refractivity contribution in [2.75, 3.05) is 14.2 Å². The fraction of sp³-hybridized carbons (Fsp3) is 0.429. The number of hydrogen-bond acceptors (Lipinski definition) is 8. The highest BCUT2D eigenvalue weighted by Crippen LogP contribution is 2.39. The summed E-state index contributed by atoms with van der Waals surface area (Å²) in [5.41, 5.74) is 0.765. The molecule has 0 aromatic heterocycles. The average Bonchev–Trinajstić information content (AvgIpc) is 2.95. The number of ether oxygens (including phenoxy) is 2. The Morgan fingerprint density at radius 3 is 1.92 bits per heavy atom. The highest BCUT2D eigenvalue weighted by molar-refractivity contribution is 5.89. The fourth-order valence-corrected chi connectivity index (χ4v) is 4.79. The molecule has 36 heavy (non-hydrogen) atoms. The maximum absolute atomic E-state index is 12.2. The molecule has 8 heteroatoms. The first-order chi connectivity index (χ1) is 17.6. The summed E-state index contributed by atoms with van der Waals surface area (Å²) in [7, 11) is 3.09. The van der Waals surface area contributed by atoms with Gasteiger partial charge in [-0.2, -0.15) is 4.89 Å². The van der Waals surface area contributed by atoms with E-state index >= 15 is 0 Å². The Kier molecular flexibility index (Phi) is 8.84. The summed E-state index contributed by atoms with van der Waals surface area (Å²) in [5, 5.41) is 0. The molecule has 2 aliphatic carbocycles. The van der Waals surface area contributed by atoms with Gasteiger partial charge in [0, 0.05) is 6.42 Å². The molecular weight excluding hydrogens is 464 g/mol. The van der Waals surface area contributed by atoms with E-state index in [0.717, 1.165) is 44.9 Å². The van der Waals surface area contributed by atoms with Crippen molar-refractivity contribution in [3.05, 3.63) is 71.5 Å². The van der Waals surface area contributed by atoms with Crippen LogP contribution in [0.2, 0.25) is 0 Å². The highest BCUT2D eigenvalue weighted by atomic mass is 17.2. The molecule has 192 valence electrons. The third-order valence-corrected chi connectivity index (χ3v) is 6.89. The van der Waals surface area contributed by atoms with E-state index in [-0.39, 0.29) is 6.10 Å². The van der Waals surface area contributed by atoms with Crippen LogP contribution in [0, 0.1) is 11.8 Å². The summed E-state index contributed by atoms with van der Waals surface area (Å²) in [5.74, 6) is 1.91. The van der Waals surface area contributed by atoms with Gasteiger partial charge in [-0.15, -0.1) is 0 Å². The van der Waals surface area contributed by atoms with Gasteiger partial charge < -0.3 is 9.47 Å². The van der Waals surface area contributed by atoms with Gasteiger partial charge in [-0.25, -0.2) is 14.5 Å². The molecule has 0 bridgehead atoms. The molecule has 0 aliphatic heterocycles. The summed E-state index contributed by atoms with van der Waals surface area (Å²) in [6.45, 7) is 0. The Balaban J connectivity index is 1.16. The lowest BCUT2D eigenvalue weighted by Gasteiger charge is -2.34. The molecule has 0 N–H and O–H groups in total. The van der Waals surface area contributed by atoms with E-state index in [9.17, 15) is 9.59 Å². The number of methoxy groups -OCH3 is 2. The van der Waals surface area contributed by atoms with E-state index in [1.54, 1.807) is 62.8 Å². The first-order valence-corrected chi connectivity index (χ1v) is 12.3. The Morgan fingerprint density at radius 1 is 0.750 bits per heavy atom. The van der Waals surface area contributed by atoms with Gasteiger partial charge in [0.05, 0.1) is 25.3 Å². The van der Waals surface area contributed by atoms with E-state index in [2.05, 4.69) is 0 Å². The van der Waals surface area contributed by atoms with Gasteiger partial charge in [0.1, 0.15) is 17.6 Å². The number of carbonyl (C=O) groups excluding carboxylic acids is 2.